The second-order valence-electron chi connectivity index (χ2n) is 11.9. The molecule has 1 aliphatic heterocycles. The number of ketones is 1. The summed E-state index contributed by atoms with van der Waals surface area (Å²) in [4.78, 5) is 55.3. The number of rotatable bonds is 14. The highest BCUT2D eigenvalue weighted by molar-refractivity contribution is 6.31. The van der Waals surface area contributed by atoms with Crippen molar-refractivity contribution in [3.05, 3.63) is 100 Å². The van der Waals surface area contributed by atoms with E-state index in [2.05, 4.69) is 29.8 Å². The molecule has 2 atom stereocenters. The Morgan fingerprint density at radius 3 is 2.33 bits per heavy atom. The predicted octanol–water partition coefficient (Wildman–Crippen LogP) is 5.86. The number of amides is 3. The maximum atomic E-state index is 13.9. The second kappa shape index (κ2) is 16.3. The summed E-state index contributed by atoms with van der Waals surface area (Å²) in [6.07, 6.45) is 2.36. The van der Waals surface area contributed by atoms with Crippen molar-refractivity contribution in [1.29, 1.82) is 0 Å². The van der Waals surface area contributed by atoms with Gasteiger partial charge in [0.25, 0.3) is 0 Å². The van der Waals surface area contributed by atoms with Crippen molar-refractivity contribution in [3.8, 4) is 0 Å². The van der Waals surface area contributed by atoms with Gasteiger partial charge in [0.15, 0.2) is 5.78 Å². The van der Waals surface area contributed by atoms with E-state index in [0.717, 1.165) is 36.1 Å². The molecule has 3 aromatic carbocycles. The number of nitrogens with zero attached hydrogens (tertiary/aromatic N) is 1. The van der Waals surface area contributed by atoms with Crippen molar-refractivity contribution in [1.82, 2.24) is 15.5 Å². The average Bonchev–Trinajstić information content (AvgIpc) is 3.04. The molecule has 3 aromatic rings. The standard InChI is InChI=1S/C36H43ClN4O4/c1-24(2)38-20-10-9-15-31(35(44)39-29-16-17-30(37)25(3)21-29)40-36(45)32-22-27-13-7-8-14-28(27)23-41(32)34(43)19-18-33(42)26-11-5-4-6-12-26/h4-8,11-14,16-17,21,24,31-32,38H,9-10,15,18-20,22-23H2,1-3H3,(H,39,44)(H,40,45)/t31-,32-/m0/s1. The molecule has 0 bridgehead atoms. The molecule has 3 N–H and O–H groups in total. The van der Waals surface area contributed by atoms with Crippen LogP contribution in [0.1, 0.15) is 73.0 Å². The maximum Gasteiger partial charge on any atom is 0.246 e. The van der Waals surface area contributed by atoms with Gasteiger partial charge < -0.3 is 20.9 Å². The molecular formula is C36H43ClN4O4. The average molecular weight is 631 g/mol. The normalized spacial score (nSPS) is 14.9. The van der Waals surface area contributed by atoms with Gasteiger partial charge in [0.1, 0.15) is 12.1 Å². The van der Waals surface area contributed by atoms with Crippen LogP contribution in [-0.4, -0.2) is 53.1 Å². The molecule has 0 spiro atoms. The molecule has 45 heavy (non-hydrogen) atoms. The van der Waals surface area contributed by atoms with Gasteiger partial charge >= 0.3 is 0 Å². The number of benzene rings is 3. The minimum absolute atomic E-state index is 0.0115. The fraction of sp³-hybridized carbons (Fsp3) is 0.389. The highest BCUT2D eigenvalue weighted by Crippen LogP contribution is 2.25. The van der Waals surface area contributed by atoms with E-state index in [0.29, 0.717) is 35.2 Å². The molecule has 0 saturated heterocycles. The lowest BCUT2D eigenvalue weighted by molar-refractivity contribution is -0.142. The number of unbranched alkanes of at least 4 members (excludes halogenated alkanes) is 1. The Morgan fingerprint density at radius 1 is 0.911 bits per heavy atom. The van der Waals surface area contributed by atoms with Crippen molar-refractivity contribution in [3.63, 3.8) is 0 Å². The van der Waals surface area contributed by atoms with Crippen LogP contribution < -0.4 is 16.0 Å². The van der Waals surface area contributed by atoms with E-state index < -0.39 is 12.1 Å². The van der Waals surface area contributed by atoms with Gasteiger partial charge in [0.2, 0.25) is 17.7 Å². The molecule has 1 aliphatic rings. The zero-order valence-corrected chi connectivity index (χ0v) is 27.0. The summed E-state index contributed by atoms with van der Waals surface area (Å²) in [5, 5.41) is 9.89. The number of anilines is 1. The highest BCUT2D eigenvalue weighted by atomic mass is 35.5. The Morgan fingerprint density at radius 2 is 1.62 bits per heavy atom. The summed E-state index contributed by atoms with van der Waals surface area (Å²) < 4.78 is 0. The lowest BCUT2D eigenvalue weighted by Gasteiger charge is -2.37. The molecule has 0 radical (unpaired) electrons. The molecule has 0 aromatic heterocycles. The third kappa shape index (κ3) is 9.74. The quantitative estimate of drug-likeness (QED) is 0.153. The van der Waals surface area contributed by atoms with Crippen molar-refractivity contribution < 1.29 is 19.2 Å². The largest absolute Gasteiger partial charge is 0.342 e. The molecule has 9 heteroatoms. The minimum Gasteiger partial charge on any atom is -0.342 e. The zero-order valence-electron chi connectivity index (χ0n) is 26.3. The number of aryl methyl sites for hydroxylation is 1. The number of hydrogen-bond acceptors (Lipinski definition) is 5. The molecule has 0 fully saturated rings. The lowest BCUT2D eigenvalue weighted by Crippen LogP contribution is -2.56. The monoisotopic (exact) mass is 630 g/mol. The number of nitrogens with one attached hydrogen (secondary N) is 3. The van der Waals surface area contributed by atoms with E-state index in [9.17, 15) is 19.2 Å². The third-order valence-corrected chi connectivity index (χ3v) is 8.49. The van der Waals surface area contributed by atoms with E-state index in [-0.39, 0.29) is 42.9 Å². The Labute approximate surface area is 270 Å². The van der Waals surface area contributed by atoms with Crippen molar-refractivity contribution in [2.45, 2.75) is 84.0 Å². The van der Waals surface area contributed by atoms with Crippen LogP contribution in [0.5, 0.6) is 0 Å². The first-order valence-corrected chi connectivity index (χ1v) is 16.1. The maximum absolute atomic E-state index is 13.9. The van der Waals surface area contributed by atoms with E-state index in [1.807, 2.05) is 37.3 Å². The summed E-state index contributed by atoms with van der Waals surface area (Å²) >= 11 is 6.17. The lowest BCUT2D eigenvalue weighted by atomic mass is 9.92. The van der Waals surface area contributed by atoms with Gasteiger partial charge in [0.05, 0.1) is 0 Å². The van der Waals surface area contributed by atoms with Crippen molar-refractivity contribution in [2.75, 3.05) is 11.9 Å². The van der Waals surface area contributed by atoms with E-state index in [4.69, 9.17) is 11.6 Å². The molecule has 3 amide bonds. The first kappa shape index (κ1) is 33.9. The zero-order chi connectivity index (χ0) is 32.3. The van der Waals surface area contributed by atoms with E-state index >= 15 is 0 Å². The summed E-state index contributed by atoms with van der Waals surface area (Å²) in [5.74, 6) is -1.11. The van der Waals surface area contributed by atoms with Crippen LogP contribution in [0.2, 0.25) is 5.02 Å². The summed E-state index contributed by atoms with van der Waals surface area (Å²) in [6.45, 7) is 7.09. The summed E-state index contributed by atoms with van der Waals surface area (Å²) in [5.41, 5.74) is 3.93. The van der Waals surface area contributed by atoms with Gasteiger partial charge in [-0.3, -0.25) is 19.2 Å². The topological polar surface area (TPSA) is 108 Å². The molecule has 238 valence electrons. The number of Topliss-reactive ketones (excluding diaryl/α,β-unsaturated/α-hetero) is 1. The number of fused-ring (bicyclic) bond motifs is 1. The van der Waals surface area contributed by atoms with Gasteiger partial charge in [-0.15, -0.1) is 0 Å². The SMILES string of the molecule is Cc1cc(NC(=O)[C@H](CCCCNC(C)C)NC(=O)[C@@H]2Cc3ccccc3CN2C(=O)CCC(=O)c2ccccc2)ccc1Cl. The number of carbonyl (C=O) groups excluding carboxylic acids is 4. The Bertz CT molecular complexity index is 1490. The molecule has 8 nitrogen and oxygen atoms in total. The summed E-state index contributed by atoms with van der Waals surface area (Å²) in [6, 6.07) is 20.6. The van der Waals surface area contributed by atoms with Crippen LogP contribution in [-0.2, 0) is 27.3 Å². The van der Waals surface area contributed by atoms with Crippen molar-refractivity contribution >= 4 is 40.8 Å². The number of halogens is 1. The van der Waals surface area contributed by atoms with Crippen LogP contribution in [0, 0.1) is 6.92 Å². The Hall–Kier alpha value is -4.01. The fourth-order valence-corrected chi connectivity index (χ4v) is 5.62. The third-order valence-electron chi connectivity index (χ3n) is 8.06. The van der Waals surface area contributed by atoms with Crippen LogP contribution in [0.3, 0.4) is 0 Å². The van der Waals surface area contributed by atoms with Gasteiger partial charge in [-0.25, -0.2) is 0 Å². The molecular weight excluding hydrogens is 588 g/mol. The molecule has 0 aliphatic carbocycles. The molecule has 1 heterocycles. The molecule has 0 unspecified atom stereocenters. The smallest absolute Gasteiger partial charge is 0.246 e. The minimum atomic E-state index is -0.810. The Kier molecular flexibility index (Phi) is 12.3. The highest BCUT2D eigenvalue weighted by Gasteiger charge is 2.36. The van der Waals surface area contributed by atoms with Crippen LogP contribution in [0.15, 0.2) is 72.8 Å². The predicted molar refractivity (Wildman–Crippen MR) is 178 cm³/mol. The Balaban J connectivity index is 1.49. The van der Waals surface area contributed by atoms with Gasteiger partial charge in [-0.1, -0.05) is 80.0 Å². The van der Waals surface area contributed by atoms with Gasteiger partial charge in [0, 0.05) is 48.1 Å². The molecule has 4 rings (SSSR count). The molecule has 0 saturated carbocycles. The van der Waals surface area contributed by atoms with Gasteiger partial charge in [-0.05, 0) is 67.6 Å². The fourth-order valence-electron chi connectivity index (χ4n) is 5.50. The summed E-state index contributed by atoms with van der Waals surface area (Å²) in [7, 11) is 0. The second-order valence-corrected chi connectivity index (χ2v) is 12.3. The first-order chi connectivity index (χ1) is 21.6. The van der Waals surface area contributed by atoms with Gasteiger partial charge in [-0.2, -0.15) is 0 Å². The number of hydrogen-bond donors (Lipinski definition) is 3. The van der Waals surface area contributed by atoms with E-state index in [1.165, 1.54) is 0 Å². The van der Waals surface area contributed by atoms with Crippen LogP contribution >= 0.6 is 11.6 Å². The first-order valence-electron chi connectivity index (χ1n) is 15.7. The van der Waals surface area contributed by atoms with Crippen molar-refractivity contribution in [2.24, 2.45) is 0 Å². The van der Waals surface area contributed by atoms with Crippen LogP contribution in [0.25, 0.3) is 0 Å². The van der Waals surface area contributed by atoms with E-state index in [1.54, 1.807) is 47.4 Å². The van der Waals surface area contributed by atoms with Crippen LogP contribution in [0.4, 0.5) is 5.69 Å². The number of carbonyl (C=O) groups is 4.